The predicted molar refractivity (Wildman–Crippen MR) is 89.8 cm³/mol. The number of nitrogens with zero attached hydrogens (tertiary/aromatic N) is 2. The number of hydrogen-bond donors (Lipinski definition) is 1. The molecule has 2 heterocycles. The van der Waals surface area contributed by atoms with E-state index in [9.17, 15) is 0 Å². The molecule has 0 atom stereocenters. The maximum atomic E-state index is 4.91. The summed E-state index contributed by atoms with van der Waals surface area (Å²) in [4.78, 5) is 10.4. The quantitative estimate of drug-likeness (QED) is 0.909. The van der Waals surface area contributed by atoms with Gasteiger partial charge in [0.1, 0.15) is 0 Å². The van der Waals surface area contributed by atoms with Crippen LogP contribution in [0.15, 0.2) is 24.5 Å². The number of pyridine rings is 1. The summed E-state index contributed by atoms with van der Waals surface area (Å²) in [5, 5.41) is 4.68. The van der Waals surface area contributed by atoms with Crippen LogP contribution in [0.1, 0.15) is 55.8 Å². The second-order valence-electron chi connectivity index (χ2n) is 6.70. The molecule has 0 radical (unpaired) electrons. The van der Waals surface area contributed by atoms with Gasteiger partial charge < -0.3 is 5.32 Å². The van der Waals surface area contributed by atoms with Crippen molar-refractivity contribution in [3.8, 4) is 0 Å². The standard InChI is InChI=1S/C17H25N3S/c1-12(2)19-11-14-16(17(3,4)5)20-15(21-14)9-13-7-6-8-18-10-13/h6-8,10,12,19H,9,11H2,1-5H3. The average molecular weight is 303 g/mol. The molecule has 0 saturated heterocycles. The van der Waals surface area contributed by atoms with Crippen LogP contribution >= 0.6 is 11.3 Å². The number of nitrogens with one attached hydrogen (secondary N) is 1. The Balaban J connectivity index is 2.23. The smallest absolute Gasteiger partial charge is 0.0976 e. The van der Waals surface area contributed by atoms with Crippen molar-refractivity contribution in [1.29, 1.82) is 0 Å². The summed E-state index contributed by atoms with van der Waals surface area (Å²) in [5.74, 6) is 0. The van der Waals surface area contributed by atoms with Crippen LogP contribution in [0.5, 0.6) is 0 Å². The van der Waals surface area contributed by atoms with Crippen LogP contribution in [-0.2, 0) is 18.4 Å². The molecule has 0 aliphatic heterocycles. The summed E-state index contributed by atoms with van der Waals surface area (Å²) in [6, 6.07) is 4.58. The van der Waals surface area contributed by atoms with Crippen LogP contribution in [0.3, 0.4) is 0 Å². The van der Waals surface area contributed by atoms with Crippen LogP contribution in [0, 0.1) is 0 Å². The Hall–Kier alpha value is -1.26. The maximum Gasteiger partial charge on any atom is 0.0976 e. The summed E-state index contributed by atoms with van der Waals surface area (Å²) in [6.07, 6.45) is 4.59. The number of aromatic nitrogens is 2. The lowest BCUT2D eigenvalue weighted by molar-refractivity contribution is 0.545. The Kier molecular flexibility index (Phi) is 5.12. The highest BCUT2D eigenvalue weighted by atomic mass is 32.1. The van der Waals surface area contributed by atoms with Gasteiger partial charge in [-0.2, -0.15) is 0 Å². The third kappa shape index (κ3) is 4.61. The minimum atomic E-state index is 0.0810. The van der Waals surface area contributed by atoms with Crippen molar-refractivity contribution >= 4 is 11.3 Å². The third-order valence-electron chi connectivity index (χ3n) is 3.20. The fraction of sp³-hybridized carbons (Fsp3) is 0.529. The Bertz CT molecular complexity index is 567. The Labute approximate surface area is 131 Å². The van der Waals surface area contributed by atoms with E-state index in [4.69, 9.17) is 4.98 Å². The highest BCUT2D eigenvalue weighted by molar-refractivity contribution is 7.11. The summed E-state index contributed by atoms with van der Waals surface area (Å²) in [5.41, 5.74) is 2.52. The fourth-order valence-corrected chi connectivity index (χ4v) is 3.42. The summed E-state index contributed by atoms with van der Waals surface area (Å²) in [7, 11) is 0. The molecule has 21 heavy (non-hydrogen) atoms. The van der Waals surface area contributed by atoms with Gasteiger partial charge in [0.05, 0.1) is 10.7 Å². The van der Waals surface area contributed by atoms with Crippen molar-refractivity contribution in [3.05, 3.63) is 45.7 Å². The van der Waals surface area contributed by atoms with Crippen molar-refractivity contribution < 1.29 is 0 Å². The highest BCUT2D eigenvalue weighted by Gasteiger charge is 2.23. The zero-order valence-corrected chi connectivity index (χ0v) is 14.4. The molecular weight excluding hydrogens is 278 g/mol. The van der Waals surface area contributed by atoms with Crippen LogP contribution in [0.25, 0.3) is 0 Å². The van der Waals surface area contributed by atoms with E-state index in [0.29, 0.717) is 6.04 Å². The van der Waals surface area contributed by atoms with Gasteiger partial charge in [0.25, 0.3) is 0 Å². The molecule has 0 bridgehead atoms. The van der Waals surface area contributed by atoms with Gasteiger partial charge in [-0.1, -0.05) is 40.7 Å². The van der Waals surface area contributed by atoms with Gasteiger partial charge in [0.2, 0.25) is 0 Å². The van der Waals surface area contributed by atoms with Gasteiger partial charge in [-0.25, -0.2) is 4.98 Å². The molecule has 1 N–H and O–H groups in total. The first-order valence-electron chi connectivity index (χ1n) is 7.47. The molecule has 0 aromatic carbocycles. The lowest BCUT2D eigenvalue weighted by Crippen LogP contribution is -2.23. The molecule has 2 aromatic heterocycles. The SMILES string of the molecule is CC(C)NCc1sc(Cc2cccnc2)nc1C(C)(C)C. The first-order chi connectivity index (χ1) is 9.86. The van der Waals surface area contributed by atoms with Gasteiger partial charge in [0.15, 0.2) is 0 Å². The van der Waals surface area contributed by atoms with Gasteiger partial charge in [-0.3, -0.25) is 4.98 Å². The number of rotatable bonds is 5. The topological polar surface area (TPSA) is 37.8 Å². The molecule has 0 fully saturated rings. The van der Waals surface area contributed by atoms with Crippen LogP contribution in [0.2, 0.25) is 0 Å². The number of hydrogen-bond acceptors (Lipinski definition) is 4. The van der Waals surface area contributed by atoms with Gasteiger partial charge >= 0.3 is 0 Å². The zero-order valence-electron chi connectivity index (χ0n) is 13.6. The molecule has 114 valence electrons. The van der Waals surface area contributed by atoms with Crippen molar-refractivity contribution in [2.45, 2.75) is 59.0 Å². The highest BCUT2D eigenvalue weighted by Crippen LogP contribution is 2.30. The zero-order chi connectivity index (χ0) is 15.5. The van der Waals surface area contributed by atoms with Crippen molar-refractivity contribution in [3.63, 3.8) is 0 Å². The van der Waals surface area contributed by atoms with Gasteiger partial charge in [-0.05, 0) is 11.6 Å². The molecule has 0 aliphatic rings. The van der Waals surface area contributed by atoms with Crippen LogP contribution < -0.4 is 5.32 Å². The second-order valence-corrected chi connectivity index (χ2v) is 7.87. The van der Waals surface area contributed by atoms with E-state index < -0.39 is 0 Å². The second kappa shape index (κ2) is 6.67. The van der Waals surface area contributed by atoms with Crippen molar-refractivity contribution in [1.82, 2.24) is 15.3 Å². The van der Waals surface area contributed by atoms with E-state index in [1.165, 1.54) is 21.1 Å². The molecular formula is C17H25N3S. The van der Waals surface area contributed by atoms with E-state index in [1.807, 2.05) is 29.8 Å². The van der Waals surface area contributed by atoms with E-state index in [-0.39, 0.29) is 5.41 Å². The first-order valence-corrected chi connectivity index (χ1v) is 8.29. The molecule has 0 saturated carbocycles. The lowest BCUT2D eigenvalue weighted by atomic mass is 9.91. The summed E-state index contributed by atoms with van der Waals surface area (Å²) in [6.45, 7) is 11.9. The largest absolute Gasteiger partial charge is 0.310 e. The van der Waals surface area contributed by atoms with Crippen molar-refractivity contribution in [2.75, 3.05) is 0 Å². The Morgan fingerprint density at radius 1 is 1.29 bits per heavy atom. The minimum absolute atomic E-state index is 0.0810. The molecule has 2 aromatic rings. The summed E-state index contributed by atoms with van der Waals surface area (Å²) < 4.78 is 0. The van der Waals surface area contributed by atoms with E-state index >= 15 is 0 Å². The maximum absolute atomic E-state index is 4.91. The fourth-order valence-electron chi connectivity index (χ4n) is 2.16. The molecule has 2 rings (SSSR count). The monoisotopic (exact) mass is 303 g/mol. The van der Waals surface area contributed by atoms with Crippen molar-refractivity contribution in [2.24, 2.45) is 0 Å². The Morgan fingerprint density at radius 2 is 2.05 bits per heavy atom. The first kappa shape index (κ1) is 16.1. The lowest BCUT2D eigenvalue weighted by Gasteiger charge is -2.18. The molecule has 0 amide bonds. The van der Waals surface area contributed by atoms with Crippen LogP contribution in [0.4, 0.5) is 0 Å². The predicted octanol–water partition coefficient (Wildman–Crippen LogP) is 3.92. The Morgan fingerprint density at radius 3 is 2.62 bits per heavy atom. The van der Waals surface area contributed by atoms with E-state index in [2.05, 4.69) is 51.0 Å². The molecule has 0 aliphatic carbocycles. The molecule has 0 unspecified atom stereocenters. The number of thiazole rings is 1. The molecule has 4 heteroatoms. The van der Waals surface area contributed by atoms with E-state index in [0.717, 1.165) is 13.0 Å². The molecule has 0 spiro atoms. The van der Waals surface area contributed by atoms with Gasteiger partial charge in [-0.15, -0.1) is 11.3 Å². The van der Waals surface area contributed by atoms with Crippen LogP contribution in [-0.4, -0.2) is 16.0 Å². The average Bonchev–Trinajstić information content (AvgIpc) is 2.80. The van der Waals surface area contributed by atoms with Gasteiger partial charge in [0, 0.05) is 41.7 Å². The normalized spacial score (nSPS) is 12.1. The van der Waals surface area contributed by atoms with E-state index in [1.54, 1.807) is 0 Å². The molecule has 3 nitrogen and oxygen atoms in total. The summed E-state index contributed by atoms with van der Waals surface area (Å²) >= 11 is 1.82. The third-order valence-corrected chi connectivity index (χ3v) is 4.26. The minimum Gasteiger partial charge on any atom is -0.310 e.